The molecule has 2 saturated carbocycles. The lowest BCUT2D eigenvalue weighted by atomic mass is 9.52. The third kappa shape index (κ3) is 4.89. The van der Waals surface area contributed by atoms with E-state index in [2.05, 4.69) is 37.6 Å². The highest BCUT2D eigenvalue weighted by Gasteiger charge is 2.47. The van der Waals surface area contributed by atoms with Gasteiger partial charge in [0.25, 0.3) is 5.91 Å². The van der Waals surface area contributed by atoms with Gasteiger partial charge in [0, 0.05) is 23.7 Å². The minimum atomic E-state index is -0.0658. The molecule has 38 heavy (non-hydrogen) atoms. The number of hydrogen-bond donors (Lipinski definition) is 3. The van der Waals surface area contributed by atoms with E-state index in [0.717, 1.165) is 43.6 Å². The van der Waals surface area contributed by atoms with Crippen LogP contribution >= 0.6 is 0 Å². The highest BCUT2D eigenvalue weighted by molar-refractivity contribution is 5.95. The van der Waals surface area contributed by atoms with Crippen molar-refractivity contribution in [3.63, 3.8) is 0 Å². The Bertz CT molecular complexity index is 1320. The second-order valence-corrected chi connectivity index (χ2v) is 11.6. The predicted molar refractivity (Wildman–Crippen MR) is 147 cm³/mol. The molecule has 1 spiro atoms. The van der Waals surface area contributed by atoms with E-state index in [1.54, 1.807) is 13.3 Å². The summed E-state index contributed by atoms with van der Waals surface area (Å²) in [7, 11) is 3.74. The van der Waals surface area contributed by atoms with Crippen molar-refractivity contribution in [2.24, 2.45) is 11.3 Å². The molecule has 4 N–H and O–H groups in total. The number of carbonyl (C=O) groups is 1. The van der Waals surface area contributed by atoms with Crippen molar-refractivity contribution < 1.29 is 9.53 Å². The van der Waals surface area contributed by atoms with Crippen molar-refractivity contribution in [3.8, 4) is 5.75 Å². The number of benzene rings is 1. The maximum Gasteiger partial charge on any atom is 0.251 e. The van der Waals surface area contributed by atoms with Crippen molar-refractivity contribution in [3.05, 3.63) is 35.5 Å². The number of fused-ring (bicyclic) bond motifs is 1. The van der Waals surface area contributed by atoms with E-state index in [-0.39, 0.29) is 17.9 Å². The van der Waals surface area contributed by atoms with Gasteiger partial charge in [-0.05, 0) is 82.1 Å². The van der Waals surface area contributed by atoms with Gasteiger partial charge in [0.1, 0.15) is 16.8 Å². The Labute approximate surface area is 223 Å². The molecule has 3 heterocycles. The number of nitrogens with zero attached hydrogens (tertiary/aromatic N) is 5. The second-order valence-electron chi connectivity index (χ2n) is 11.6. The largest absolute Gasteiger partial charge is 0.496 e. The lowest BCUT2D eigenvalue weighted by molar-refractivity contribution is -0.0185. The minimum Gasteiger partial charge on any atom is -0.496 e. The number of amides is 1. The van der Waals surface area contributed by atoms with Crippen LogP contribution in [0.25, 0.3) is 11.0 Å². The summed E-state index contributed by atoms with van der Waals surface area (Å²) < 4.78 is 7.57. The number of hydrogen-bond acceptors (Lipinski definition) is 8. The second kappa shape index (κ2) is 10.1. The van der Waals surface area contributed by atoms with Crippen LogP contribution in [-0.2, 0) is 6.54 Å². The number of ether oxygens (including phenoxy) is 1. The molecule has 3 aliphatic rings. The highest BCUT2D eigenvalue weighted by Crippen LogP contribution is 2.58. The van der Waals surface area contributed by atoms with E-state index in [9.17, 15) is 4.79 Å². The van der Waals surface area contributed by atoms with Crippen molar-refractivity contribution in [2.75, 3.05) is 44.8 Å². The molecule has 3 fully saturated rings. The number of nitrogen functional groups attached to an aromatic ring is 1. The first kappa shape index (κ1) is 24.9. The third-order valence-electron chi connectivity index (χ3n) is 8.84. The Kier molecular flexibility index (Phi) is 6.59. The first-order valence-electron chi connectivity index (χ1n) is 13.8. The Morgan fingerprint density at radius 1 is 1.21 bits per heavy atom. The van der Waals surface area contributed by atoms with E-state index in [1.807, 2.05) is 22.9 Å². The molecule has 6 rings (SSSR count). The molecule has 0 bridgehead atoms. The normalized spacial score (nSPS) is 19.7. The van der Waals surface area contributed by atoms with Crippen LogP contribution < -0.4 is 21.1 Å². The van der Waals surface area contributed by atoms with E-state index in [1.165, 1.54) is 32.1 Å². The summed E-state index contributed by atoms with van der Waals surface area (Å²) in [6.45, 7) is 3.33. The Balaban J connectivity index is 1.17. The summed E-state index contributed by atoms with van der Waals surface area (Å²) in [4.78, 5) is 24.1. The Hall–Kier alpha value is -3.40. The average molecular weight is 519 g/mol. The fourth-order valence-corrected chi connectivity index (χ4v) is 6.49. The van der Waals surface area contributed by atoms with Gasteiger partial charge in [-0.15, -0.1) is 0 Å². The standard InChI is InChI=1S/C28H38N8O2/c1-35-10-6-21(7-11-35)32-26(37)19-4-5-20(23(12-19)38-2)17-36-24-22(16-31-36)33-27(29)34-25(24)30-15-18-13-28(14-18)8-3-9-28/h4-5,12,16,18,21H,3,6-11,13-15,17H2,1-2H3,(H,32,37)(H3,29,30,33,34). The van der Waals surface area contributed by atoms with Crippen molar-refractivity contribution in [1.29, 1.82) is 0 Å². The van der Waals surface area contributed by atoms with Gasteiger partial charge in [-0.3, -0.25) is 9.48 Å². The van der Waals surface area contributed by atoms with Gasteiger partial charge in [0.05, 0.1) is 19.9 Å². The fourth-order valence-electron chi connectivity index (χ4n) is 6.49. The Morgan fingerprint density at radius 3 is 2.71 bits per heavy atom. The third-order valence-corrected chi connectivity index (χ3v) is 8.84. The van der Waals surface area contributed by atoms with Crippen LogP contribution in [0.5, 0.6) is 5.75 Å². The summed E-state index contributed by atoms with van der Waals surface area (Å²) in [6, 6.07) is 5.81. The SMILES string of the molecule is COc1cc(C(=O)NC2CCN(C)CC2)ccc1Cn1ncc2nc(N)nc(NCC3CC4(CCC4)C3)c21. The molecule has 1 aromatic carbocycles. The van der Waals surface area contributed by atoms with Crippen LogP contribution in [0.3, 0.4) is 0 Å². The molecule has 202 valence electrons. The number of likely N-dealkylation sites (tertiary alicyclic amines) is 1. The maximum atomic E-state index is 12.9. The zero-order valence-electron chi connectivity index (χ0n) is 22.4. The maximum absolute atomic E-state index is 12.9. The number of rotatable bonds is 8. The molecule has 0 atom stereocenters. The van der Waals surface area contributed by atoms with E-state index >= 15 is 0 Å². The summed E-state index contributed by atoms with van der Waals surface area (Å²) in [5, 5.41) is 11.3. The first-order chi connectivity index (χ1) is 18.4. The quantitative estimate of drug-likeness (QED) is 0.415. The van der Waals surface area contributed by atoms with E-state index < -0.39 is 0 Å². The molecule has 10 heteroatoms. The van der Waals surface area contributed by atoms with Gasteiger partial charge in [0.15, 0.2) is 5.82 Å². The van der Waals surface area contributed by atoms with Gasteiger partial charge in [0.2, 0.25) is 5.95 Å². The molecule has 0 unspecified atom stereocenters. The Morgan fingerprint density at radius 2 is 2.00 bits per heavy atom. The molecule has 0 radical (unpaired) electrons. The number of nitrogens with two attached hydrogens (primary N) is 1. The minimum absolute atomic E-state index is 0.0658. The smallest absolute Gasteiger partial charge is 0.251 e. The molecule has 10 nitrogen and oxygen atoms in total. The molecule has 1 saturated heterocycles. The zero-order valence-corrected chi connectivity index (χ0v) is 22.4. The summed E-state index contributed by atoms with van der Waals surface area (Å²) in [5.74, 6) is 2.21. The molecule has 3 aromatic rings. The molecule has 2 aliphatic carbocycles. The van der Waals surface area contributed by atoms with Gasteiger partial charge in [-0.25, -0.2) is 4.98 Å². The summed E-state index contributed by atoms with van der Waals surface area (Å²) in [6.07, 6.45) is 10.4. The van der Waals surface area contributed by atoms with E-state index in [0.29, 0.717) is 40.5 Å². The molecule has 1 aliphatic heterocycles. The number of aromatic nitrogens is 4. The van der Waals surface area contributed by atoms with Gasteiger partial charge < -0.3 is 26.0 Å². The van der Waals surface area contributed by atoms with E-state index in [4.69, 9.17) is 10.5 Å². The van der Waals surface area contributed by atoms with Crippen LogP contribution in [0.1, 0.15) is 60.9 Å². The van der Waals surface area contributed by atoms with Crippen molar-refractivity contribution in [2.45, 2.75) is 57.5 Å². The van der Waals surface area contributed by atoms with Crippen LogP contribution in [0, 0.1) is 11.3 Å². The number of anilines is 2. The zero-order chi connectivity index (χ0) is 26.3. The average Bonchev–Trinajstić information content (AvgIpc) is 3.26. The monoisotopic (exact) mass is 518 g/mol. The van der Waals surface area contributed by atoms with Crippen LogP contribution in [0.2, 0.25) is 0 Å². The van der Waals surface area contributed by atoms with Gasteiger partial charge >= 0.3 is 0 Å². The molecular formula is C28H38N8O2. The van der Waals surface area contributed by atoms with Crippen LogP contribution in [0.15, 0.2) is 24.4 Å². The number of piperidine rings is 1. The van der Waals surface area contributed by atoms with Crippen LogP contribution in [-0.4, -0.2) is 70.4 Å². The molecular weight excluding hydrogens is 480 g/mol. The summed E-state index contributed by atoms with van der Waals surface area (Å²) >= 11 is 0. The fraction of sp³-hybridized carbons (Fsp3) is 0.571. The lowest BCUT2D eigenvalue weighted by Crippen LogP contribution is -2.45. The number of carbonyl (C=O) groups excluding carboxylic acids is 1. The molecule has 2 aromatic heterocycles. The van der Waals surface area contributed by atoms with Crippen molar-refractivity contribution >= 4 is 28.7 Å². The lowest BCUT2D eigenvalue weighted by Gasteiger charge is -2.54. The number of methoxy groups -OCH3 is 1. The topological polar surface area (TPSA) is 123 Å². The first-order valence-corrected chi connectivity index (χ1v) is 13.8. The highest BCUT2D eigenvalue weighted by atomic mass is 16.5. The van der Waals surface area contributed by atoms with Gasteiger partial charge in [-0.2, -0.15) is 10.1 Å². The predicted octanol–water partition coefficient (Wildman–Crippen LogP) is 3.28. The number of nitrogens with one attached hydrogen (secondary N) is 2. The van der Waals surface area contributed by atoms with Crippen molar-refractivity contribution in [1.82, 2.24) is 30.0 Å². The van der Waals surface area contributed by atoms with Gasteiger partial charge in [-0.1, -0.05) is 12.5 Å². The molecule has 1 amide bonds. The van der Waals surface area contributed by atoms with Crippen LogP contribution in [0.4, 0.5) is 11.8 Å². The summed E-state index contributed by atoms with van der Waals surface area (Å²) in [5.41, 5.74) is 9.70.